The van der Waals surface area contributed by atoms with Crippen LogP contribution in [0.25, 0.3) is 11.5 Å². The third kappa shape index (κ3) is 6.28. The van der Waals surface area contributed by atoms with Gasteiger partial charge in [-0.3, -0.25) is 4.79 Å². The molecule has 34 heavy (non-hydrogen) atoms. The molecule has 2 aromatic heterocycles. The van der Waals surface area contributed by atoms with Crippen LogP contribution in [0.15, 0.2) is 77.5 Å². The zero-order chi connectivity index (χ0) is 23.8. The third-order valence-electron chi connectivity index (χ3n) is 5.44. The van der Waals surface area contributed by atoms with Gasteiger partial charge in [0.1, 0.15) is 23.9 Å². The number of ether oxygens (including phenoxy) is 2. The Hall–Kier alpha value is -4.00. The van der Waals surface area contributed by atoms with E-state index in [0.29, 0.717) is 50.0 Å². The number of aliphatic carboxylic acids is 1. The van der Waals surface area contributed by atoms with Gasteiger partial charge in [-0.2, -0.15) is 0 Å². The molecule has 0 fully saturated rings. The van der Waals surface area contributed by atoms with Crippen LogP contribution in [0.3, 0.4) is 0 Å². The first-order valence-corrected chi connectivity index (χ1v) is 11.3. The molecule has 7 heteroatoms. The topological polar surface area (TPSA) is 86.7 Å². The van der Waals surface area contributed by atoms with Crippen molar-refractivity contribution in [3.05, 3.63) is 90.1 Å². The molecule has 4 aromatic rings. The van der Waals surface area contributed by atoms with E-state index in [4.69, 9.17) is 19.0 Å². The number of hydrogen-bond acceptors (Lipinski definition) is 5. The number of carboxylic acids is 1. The summed E-state index contributed by atoms with van der Waals surface area (Å²) in [4.78, 5) is 15.7. The molecule has 0 saturated carbocycles. The highest BCUT2D eigenvalue weighted by Gasteiger charge is 2.12. The van der Waals surface area contributed by atoms with Gasteiger partial charge in [-0.05, 0) is 49.2 Å². The van der Waals surface area contributed by atoms with Crippen LogP contribution < -0.4 is 9.47 Å². The molecule has 0 atom stereocenters. The molecule has 7 nitrogen and oxygen atoms in total. The van der Waals surface area contributed by atoms with Crippen molar-refractivity contribution in [3.63, 3.8) is 0 Å². The van der Waals surface area contributed by atoms with Crippen LogP contribution in [0.1, 0.15) is 23.4 Å². The molecule has 0 unspecified atom stereocenters. The molecule has 0 bridgehead atoms. The van der Waals surface area contributed by atoms with E-state index in [1.807, 2.05) is 84.5 Å². The molecule has 2 heterocycles. The van der Waals surface area contributed by atoms with E-state index in [-0.39, 0.29) is 6.42 Å². The number of aromatic nitrogens is 2. The summed E-state index contributed by atoms with van der Waals surface area (Å²) in [5.41, 5.74) is 2.65. The minimum atomic E-state index is -0.837. The van der Waals surface area contributed by atoms with Gasteiger partial charge in [0.15, 0.2) is 0 Å². The van der Waals surface area contributed by atoms with Gasteiger partial charge in [-0.15, -0.1) is 0 Å². The predicted octanol–water partition coefficient (Wildman–Crippen LogP) is 5.17. The van der Waals surface area contributed by atoms with E-state index >= 15 is 0 Å². The van der Waals surface area contributed by atoms with E-state index in [0.717, 1.165) is 22.6 Å². The highest BCUT2D eigenvalue weighted by atomic mass is 16.5. The second kappa shape index (κ2) is 11.2. The number of rotatable bonds is 12. The summed E-state index contributed by atoms with van der Waals surface area (Å²) in [7, 11) is 0. The molecule has 0 aliphatic heterocycles. The number of benzene rings is 2. The molecular weight excluding hydrogens is 432 g/mol. The smallest absolute Gasteiger partial charge is 0.303 e. The summed E-state index contributed by atoms with van der Waals surface area (Å²) in [6.07, 6.45) is 5.00. The Kier molecular flexibility index (Phi) is 7.65. The molecular formula is C27H28N2O5. The maximum atomic E-state index is 11.0. The summed E-state index contributed by atoms with van der Waals surface area (Å²) < 4.78 is 19.8. The Morgan fingerprint density at radius 1 is 1.00 bits per heavy atom. The van der Waals surface area contributed by atoms with Crippen molar-refractivity contribution in [2.24, 2.45) is 0 Å². The summed E-state index contributed by atoms with van der Waals surface area (Å²) in [5, 5.41) is 9.06. The van der Waals surface area contributed by atoms with Gasteiger partial charge in [-0.25, -0.2) is 4.98 Å². The lowest BCUT2D eigenvalue weighted by Gasteiger charge is -2.14. The van der Waals surface area contributed by atoms with Crippen LogP contribution in [0.4, 0.5) is 0 Å². The van der Waals surface area contributed by atoms with Gasteiger partial charge in [-0.1, -0.05) is 24.3 Å². The molecule has 0 amide bonds. The summed E-state index contributed by atoms with van der Waals surface area (Å²) in [6.45, 7) is 3.51. The quantitative estimate of drug-likeness (QED) is 0.314. The first-order chi connectivity index (χ1) is 16.6. The Labute approximate surface area is 198 Å². The number of aryl methyl sites for hydroxylation is 2. The maximum Gasteiger partial charge on any atom is 0.303 e. The van der Waals surface area contributed by atoms with E-state index in [9.17, 15) is 4.79 Å². The SMILES string of the molecule is Cc1oc(-c2ccccc2)nc1CCOc1ccc(CCC(=O)O)c(OCCn2cccc2)c1. The average molecular weight is 461 g/mol. The van der Waals surface area contributed by atoms with Gasteiger partial charge in [0.05, 0.1) is 18.8 Å². The average Bonchev–Trinajstić information content (AvgIpc) is 3.49. The van der Waals surface area contributed by atoms with Gasteiger partial charge >= 0.3 is 5.97 Å². The molecule has 0 radical (unpaired) electrons. The lowest BCUT2D eigenvalue weighted by molar-refractivity contribution is -0.136. The fourth-order valence-electron chi connectivity index (χ4n) is 3.62. The Morgan fingerprint density at radius 3 is 2.56 bits per heavy atom. The van der Waals surface area contributed by atoms with Crippen molar-refractivity contribution in [1.29, 1.82) is 0 Å². The highest BCUT2D eigenvalue weighted by molar-refractivity contribution is 5.67. The second-order valence-corrected chi connectivity index (χ2v) is 7.92. The Morgan fingerprint density at radius 2 is 1.79 bits per heavy atom. The number of carboxylic acid groups (broad SMARTS) is 1. The number of hydrogen-bond donors (Lipinski definition) is 1. The van der Waals surface area contributed by atoms with E-state index in [1.165, 1.54) is 0 Å². The highest BCUT2D eigenvalue weighted by Crippen LogP contribution is 2.27. The fourth-order valence-corrected chi connectivity index (χ4v) is 3.62. The van der Waals surface area contributed by atoms with Crippen LogP contribution in [-0.2, 0) is 24.2 Å². The molecule has 1 N–H and O–H groups in total. The van der Waals surface area contributed by atoms with Crippen LogP contribution in [-0.4, -0.2) is 33.8 Å². The Bertz CT molecular complexity index is 1200. The van der Waals surface area contributed by atoms with Crippen molar-refractivity contribution in [3.8, 4) is 23.0 Å². The number of oxazole rings is 1. The van der Waals surface area contributed by atoms with Crippen molar-refractivity contribution in [2.75, 3.05) is 13.2 Å². The zero-order valence-electron chi connectivity index (χ0n) is 19.1. The lowest BCUT2D eigenvalue weighted by Crippen LogP contribution is -2.09. The van der Waals surface area contributed by atoms with Crippen molar-refractivity contribution in [1.82, 2.24) is 9.55 Å². The molecule has 0 aliphatic carbocycles. The molecule has 0 aliphatic rings. The molecule has 0 saturated heterocycles. The van der Waals surface area contributed by atoms with E-state index < -0.39 is 5.97 Å². The van der Waals surface area contributed by atoms with Crippen molar-refractivity contribution in [2.45, 2.75) is 32.7 Å². The van der Waals surface area contributed by atoms with Crippen LogP contribution >= 0.6 is 0 Å². The van der Waals surface area contributed by atoms with Gasteiger partial charge in [0, 0.05) is 36.9 Å². The molecule has 4 rings (SSSR count). The van der Waals surface area contributed by atoms with Crippen molar-refractivity contribution >= 4 is 5.97 Å². The lowest BCUT2D eigenvalue weighted by atomic mass is 10.1. The fraction of sp³-hybridized carbons (Fsp3) is 0.259. The molecule has 2 aromatic carbocycles. The summed E-state index contributed by atoms with van der Waals surface area (Å²) >= 11 is 0. The monoisotopic (exact) mass is 460 g/mol. The largest absolute Gasteiger partial charge is 0.493 e. The summed E-state index contributed by atoms with van der Waals surface area (Å²) in [5.74, 6) is 1.86. The molecule has 0 spiro atoms. The normalized spacial score (nSPS) is 10.9. The van der Waals surface area contributed by atoms with Gasteiger partial charge in [0.25, 0.3) is 0 Å². The first kappa shape index (κ1) is 23.2. The molecule has 176 valence electrons. The number of carbonyl (C=O) groups is 1. The van der Waals surface area contributed by atoms with E-state index in [2.05, 4.69) is 4.98 Å². The maximum absolute atomic E-state index is 11.0. The van der Waals surface area contributed by atoms with E-state index in [1.54, 1.807) is 0 Å². The second-order valence-electron chi connectivity index (χ2n) is 7.92. The van der Waals surface area contributed by atoms with Gasteiger partial charge in [0.2, 0.25) is 5.89 Å². The van der Waals surface area contributed by atoms with Crippen LogP contribution in [0.2, 0.25) is 0 Å². The first-order valence-electron chi connectivity index (χ1n) is 11.3. The summed E-state index contributed by atoms with van der Waals surface area (Å²) in [6, 6.07) is 19.3. The standard InChI is InChI=1S/C27H28N2O5/c1-20-24(28-27(34-20)22-7-3-2-4-8-22)13-17-32-23-11-9-21(10-12-26(30)31)25(19-23)33-18-16-29-14-5-6-15-29/h2-9,11,14-15,19H,10,12-13,16-18H2,1H3,(H,30,31). The van der Waals surface area contributed by atoms with Crippen molar-refractivity contribution < 1.29 is 23.8 Å². The minimum absolute atomic E-state index is 0.0450. The predicted molar refractivity (Wildman–Crippen MR) is 128 cm³/mol. The zero-order valence-corrected chi connectivity index (χ0v) is 19.1. The van der Waals surface area contributed by atoms with Crippen LogP contribution in [0, 0.1) is 6.92 Å². The Balaban J connectivity index is 1.38. The third-order valence-corrected chi connectivity index (χ3v) is 5.44. The van der Waals surface area contributed by atoms with Gasteiger partial charge < -0.3 is 23.6 Å². The van der Waals surface area contributed by atoms with Crippen LogP contribution in [0.5, 0.6) is 11.5 Å². The number of nitrogens with zero attached hydrogens (tertiary/aromatic N) is 2. The minimum Gasteiger partial charge on any atom is -0.493 e.